The van der Waals surface area contributed by atoms with E-state index in [9.17, 15) is 10.1 Å². The van der Waals surface area contributed by atoms with Gasteiger partial charge in [-0.2, -0.15) is 9.97 Å². The highest BCUT2D eigenvalue weighted by atomic mass is 16.6. The lowest BCUT2D eigenvalue weighted by atomic mass is 10.1. The van der Waals surface area contributed by atoms with E-state index >= 15 is 0 Å². The van der Waals surface area contributed by atoms with Crippen LogP contribution in [0.5, 0.6) is 17.5 Å². The fraction of sp³-hybridized carbons (Fsp3) is 0.389. The highest BCUT2D eigenvalue weighted by Crippen LogP contribution is 2.37. The maximum atomic E-state index is 12.8. The number of ether oxygens (including phenoxy) is 3. The van der Waals surface area contributed by atoms with Crippen molar-refractivity contribution in [1.29, 1.82) is 0 Å². The zero-order chi connectivity index (χ0) is 33.0. The minimum atomic E-state index is -0.415. The molecular weight excluding hydrogens is 596 g/mol. The lowest BCUT2D eigenvalue weighted by molar-refractivity contribution is -0.383. The van der Waals surface area contributed by atoms with E-state index in [2.05, 4.69) is 51.4 Å². The molecule has 1 fully saturated rings. The summed E-state index contributed by atoms with van der Waals surface area (Å²) in [5.74, 6) is 1.74. The van der Waals surface area contributed by atoms with Crippen molar-refractivity contribution in [2.75, 3.05) is 44.1 Å². The van der Waals surface area contributed by atoms with Gasteiger partial charge in [0.1, 0.15) is 11.5 Å². The Hall–Kier alpha value is -4.90. The van der Waals surface area contributed by atoms with Gasteiger partial charge >= 0.3 is 11.7 Å². The largest absolute Gasteiger partial charge is 0.497 e. The number of nitro groups is 1. The number of anilines is 2. The second-order valence-electron chi connectivity index (χ2n) is 11.7. The first-order chi connectivity index (χ1) is 22.9. The standard InChI is InChI=1S/C36H44N6O5/c1-4-5-22-47-36-38-34(37-23-27-8-10-28(11-9-27)24-40-20-6-7-21-40)33(42(43)44)35(39-36)41(25-29-12-16-31(45-2)17-13-29)26-30-14-18-32(46-3)19-15-30/h8-19H,4-7,20-26H2,1-3H3,(H,37,38,39). The van der Waals surface area contributed by atoms with E-state index in [-0.39, 0.29) is 23.3 Å². The molecular formula is C36H44N6O5. The average molecular weight is 641 g/mol. The molecule has 11 nitrogen and oxygen atoms in total. The molecule has 4 aromatic rings. The topological polar surface area (TPSA) is 115 Å². The van der Waals surface area contributed by atoms with Crippen LogP contribution in [0.3, 0.4) is 0 Å². The van der Waals surface area contributed by atoms with E-state index in [0.717, 1.165) is 60.7 Å². The van der Waals surface area contributed by atoms with Crippen molar-refractivity contribution < 1.29 is 19.1 Å². The first-order valence-electron chi connectivity index (χ1n) is 16.2. The third-order valence-corrected chi connectivity index (χ3v) is 8.21. The van der Waals surface area contributed by atoms with E-state index in [1.165, 1.54) is 18.4 Å². The van der Waals surface area contributed by atoms with Gasteiger partial charge in [-0.1, -0.05) is 61.9 Å². The molecule has 0 radical (unpaired) electrons. The molecule has 47 heavy (non-hydrogen) atoms. The number of hydrogen-bond acceptors (Lipinski definition) is 10. The first-order valence-corrected chi connectivity index (χ1v) is 16.2. The van der Waals surface area contributed by atoms with Crippen LogP contribution >= 0.6 is 0 Å². The van der Waals surface area contributed by atoms with Gasteiger partial charge in [0.25, 0.3) is 0 Å². The number of nitrogens with one attached hydrogen (secondary N) is 1. The molecule has 11 heteroatoms. The summed E-state index contributed by atoms with van der Waals surface area (Å²) in [6, 6.07) is 23.7. The number of rotatable bonds is 17. The summed E-state index contributed by atoms with van der Waals surface area (Å²) in [6.45, 7) is 6.74. The van der Waals surface area contributed by atoms with E-state index < -0.39 is 4.92 Å². The van der Waals surface area contributed by atoms with Crippen LogP contribution in [0.25, 0.3) is 0 Å². The monoisotopic (exact) mass is 640 g/mol. The Morgan fingerprint density at radius 2 is 1.38 bits per heavy atom. The van der Waals surface area contributed by atoms with Crippen molar-refractivity contribution in [3.63, 3.8) is 0 Å². The molecule has 0 aliphatic carbocycles. The second kappa shape index (κ2) is 16.6. The van der Waals surface area contributed by atoms with Gasteiger partial charge in [0.05, 0.1) is 25.7 Å². The molecule has 2 heterocycles. The SMILES string of the molecule is CCCCOc1nc(NCc2ccc(CN3CCCC3)cc2)c([N+](=O)[O-])c(N(Cc2ccc(OC)cc2)Cc2ccc(OC)cc2)n1. The predicted octanol–water partition coefficient (Wildman–Crippen LogP) is 7.00. The molecule has 0 bridgehead atoms. The zero-order valence-corrected chi connectivity index (χ0v) is 27.5. The Balaban J connectivity index is 1.48. The summed E-state index contributed by atoms with van der Waals surface area (Å²) >= 11 is 0. The Morgan fingerprint density at radius 1 is 0.830 bits per heavy atom. The van der Waals surface area contributed by atoms with Gasteiger partial charge in [0.2, 0.25) is 11.6 Å². The van der Waals surface area contributed by atoms with Crippen LogP contribution in [0.2, 0.25) is 0 Å². The van der Waals surface area contributed by atoms with Gasteiger partial charge in [0, 0.05) is 26.2 Å². The van der Waals surface area contributed by atoms with Crippen molar-refractivity contribution in [3.8, 4) is 17.5 Å². The molecule has 5 rings (SSSR count). The van der Waals surface area contributed by atoms with Crippen LogP contribution in [-0.4, -0.2) is 53.7 Å². The van der Waals surface area contributed by atoms with Crippen LogP contribution in [0.4, 0.5) is 17.3 Å². The number of hydrogen-bond donors (Lipinski definition) is 1. The summed E-state index contributed by atoms with van der Waals surface area (Å²) in [5, 5.41) is 16.0. The Bertz CT molecular complexity index is 1530. The van der Waals surface area contributed by atoms with Crippen molar-refractivity contribution in [1.82, 2.24) is 14.9 Å². The highest BCUT2D eigenvalue weighted by Gasteiger charge is 2.30. The first kappa shape index (κ1) is 33.5. The van der Waals surface area contributed by atoms with Gasteiger partial charge in [-0.15, -0.1) is 0 Å². The van der Waals surface area contributed by atoms with Crippen LogP contribution in [0, 0.1) is 10.1 Å². The molecule has 3 aromatic carbocycles. The van der Waals surface area contributed by atoms with E-state index in [1.54, 1.807) is 14.2 Å². The highest BCUT2D eigenvalue weighted by molar-refractivity contribution is 5.71. The quantitative estimate of drug-likeness (QED) is 0.0735. The summed E-state index contributed by atoms with van der Waals surface area (Å²) in [7, 11) is 3.24. The van der Waals surface area contributed by atoms with Crippen LogP contribution in [0.1, 0.15) is 54.9 Å². The van der Waals surface area contributed by atoms with Crippen molar-refractivity contribution in [2.45, 2.75) is 58.8 Å². The summed E-state index contributed by atoms with van der Waals surface area (Å²) < 4.78 is 16.6. The fourth-order valence-electron chi connectivity index (χ4n) is 5.56. The molecule has 0 atom stereocenters. The predicted molar refractivity (Wildman–Crippen MR) is 183 cm³/mol. The minimum absolute atomic E-state index is 0.0944. The third-order valence-electron chi connectivity index (χ3n) is 8.21. The zero-order valence-electron chi connectivity index (χ0n) is 27.5. The minimum Gasteiger partial charge on any atom is -0.497 e. The van der Waals surface area contributed by atoms with Gasteiger partial charge in [-0.3, -0.25) is 15.0 Å². The van der Waals surface area contributed by atoms with E-state index in [0.29, 0.717) is 26.2 Å². The molecule has 248 valence electrons. The molecule has 0 saturated carbocycles. The summed E-state index contributed by atoms with van der Waals surface area (Å²) in [5.41, 5.74) is 3.91. The number of aromatic nitrogens is 2. The second-order valence-corrected chi connectivity index (χ2v) is 11.7. The van der Waals surface area contributed by atoms with Crippen LogP contribution < -0.4 is 24.4 Å². The van der Waals surface area contributed by atoms with Gasteiger partial charge in [-0.25, -0.2) is 0 Å². The molecule has 1 aromatic heterocycles. The molecule has 1 aliphatic heterocycles. The normalized spacial score (nSPS) is 12.9. The molecule has 0 amide bonds. The summed E-state index contributed by atoms with van der Waals surface area (Å²) in [4.78, 5) is 25.9. The molecule has 0 unspecified atom stereocenters. The van der Waals surface area contributed by atoms with Crippen molar-refractivity contribution >= 4 is 17.3 Å². The number of methoxy groups -OCH3 is 2. The van der Waals surface area contributed by atoms with E-state index in [4.69, 9.17) is 14.2 Å². The van der Waals surface area contributed by atoms with Crippen LogP contribution in [-0.2, 0) is 26.2 Å². The molecule has 1 aliphatic rings. The molecule has 1 N–H and O–H groups in total. The number of unbranched alkanes of at least 4 members (excludes halogenated alkanes) is 1. The molecule has 0 spiro atoms. The maximum Gasteiger partial charge on any atom is 0.353 e. The van der Waals surface area contributed by atoms with Crippen molar-refractivity contribution in [3.05, 3.63) is 105 Å². The van der Waals surface area contributed by atoms with Gasteiger partial charge in [0.15, 0.2) is 0 Å². The maximum absolute atomic E-state index is 12.8. The van der Waals surface area contributed by atoms with E-state index in [1.807, 2.05) is 53.4 Å². The molecule has 1 saturated heterocycles. The summed E-state index contributed by atoms with van der Waals surface area (Å²) in [6.07, 6.45) is 4.25. The Kier molecular flexibility index (Phi) is 11.8. The fourth-order valence-corrected chi connectivity index (χ4v) is 5.56. The van der Waals surface area contributed by atoms with Gasteiger partial charge in [-0.05, 0) is 78.9 Å². The van der Waals surface area contributed by atoms with Crippen LogP contribution in [0.15, 0.2) is 72.8 Å². The number of likely N-dealkylation sites (tertiary alicyclic amines) is 1. The number of nitrogens with zero attached hydrogens (tertiary/aromatic N) is 5. The average Bonchev–Trinajstić information content (AvgIpc) is 3.61. The Labute approximate surface area is 276 Å². The van der Waals surface area contributed by atoms with Gasteiger partial charge < -0.3 is 24.4 Å². The Morgan fingerprint density at radius 3 is 1.91 bits per heavy atom. The lowest BCUT2D eigenvalue weighted by Gasteiger charge is -2.25. The third kappa shape index (κ3) is 9.32. The lowest BCUT2D eigenvalue weighted by Crippen LogP contribution is -2.25. The van der Waals surface area contributed by atoms with Crippen molar-refractivity contribution in [2.24, 2.45) is 0 Å². The smallest absolute Gasteiger partial charge is 0.353 e. The number of benzene rings is 3.